The minimum absolute atomic E-state index is 0.0826. The van der Waals surface area contributed by atoms with Gasteiger partial charge in [-0.05, 0) is 61.1 Å². The Labute approximate surface area is 246 Å². The fourth-order valence-corrected chi connectivity index (χ4v) is 8.91. The van der Waals surface area contributed by atoms with Gasteiger partial charge in [0, 0.05) is 30.9 Å². The van der Waals surface area contributed by atoms with E-state index in [1.165, 1.54) is 4.88 Å². The lowest BCUT2D eigenvalue weighted by Crippen LogP contribution is -2.34. The summed E-state index contributed by atoms with van der Waals surface area (Å²) in [6.45, 7) is 11.0. The number of aromatic nitrogens is 4. The molecule has 9 nitrogen and oxygen atoms in total. The van der Waals surface area contributed by atoms with Crippen molar-refractivity contribution >= 4 is 32.2 Å². The lowest BCUT2D eigenvalue weighted by atomic mass is 9.79. The fraction of sp³-hybridized carbons (Fsp3) is 0.600. The maximum Gasteiger partial charge on any atom is 0.230 e. The number of rotatable bonds is 9. The van der Waals surface area contributed by atoms with Crippen LogP contribution in [0.3, 0.4) is 0 Å². The molecule has 2 aromatic heterocycles. The Balaban J connectivity index is 1.12. The molecular formula is C30H40N6O3S2. The van der Waals surface area contributed by atoms with Crippen molar-refractivity contribution < 1.29 is 13.2 Å². The molecule has 11 heteroatoms. The number of nitrogens with zero attached hydrogens (tertiary/aromatic N) is 5. The monoisotopic (exact) mass is 596 g/mol. The second kappa shape index (κ2) is 11.2. The van der Waals surface area contributed by atoms with Crippen LogP contribution in [0.25, 0.3) is 0 Å². The number of sulfone groups is 1. The molecule has 1 amide bonds. The van der Waals surface area contributed by atoms with E-state index in [-0.39, 0.29) is 30.0 Å². The molecule has 6 rings (SSSR count). The van der Waals surface area contributed by atoms with Gasteiger partial charge in [0.05, 0.1) is 28.8 Å². The van der Waals surface area contributed by atoms with Crippen molar-refractivity contribution in [3.8, 4) is 0 Å². The van der Waals surface area contributed by atoms with Gasteiger partial charge in [-0.25, -0.2) is 13.4 Å². The van der Waals surface area contributed by atoms with E-state index < -0.39 is 9.84 Å². The number of hydrogen-bond acceptors (Lipinski definition) is 8. The predicted molar refractivity (Wildman–Crippen MR) is 160 cm³/mol. The molecule has 1 unspecified atom stereocenters. The van der Waals surface area contributed by atoms with E-state index in [2.05, 4.69) is 38.8 Å². The summed E-state index contributed by atoms with van der Waals surface area (Å²) in [5.74, 6) is 3.27. The highest BCUT2D eigenvalue weighted by atomic mass is 32.2. The SMILES string of the molecule is CCS(=O)(=O)c1ccc(CC(=O)Nc2nc3c(s2)CN(CC2CCn4c(C)nnc4C2)[C@H]3C(C)C)cc1C1CCC1. The van der Waals surface area contributed by atoms with Gasteiger partial charge in [-0.15, -0.1) is 21.5 Å². The standard InChI is InChI=1S/C30H40N6O3S2/c1-5-41(38,39)25-10-9-20(13-23(25)22-7-6-8-22)15-27(37)31-30-32-28-24(40-30)17-35(29(28)18(2)3)16-21-11-12-36-19(4)33-34-26(36)14-21/h9-10,13,18,21-22,29H,5-8,11-12,14-17H2,1-4H3,(H,31,32,37)/t21?,29-/m0/s1. The Morgan fingerprint density at radius 2 is 2.00 bits per heavy atom. The number of thiazole rings is 1. The normalized spacial score (nSPS) is 21.1. The third-order valence-electron chi connectivity index (χ3n) is 9.06. The summed E-state index contributed by atoms with van der Waals surface area (Å²) in [6.07, 6.45) is 5.41. The van der Waals surface area contributed by atoms with E-state index in [4.69, 9.17) is 4.98 Å². The minimum Gasteiger partial charge on any atom is -0.315 e. The second-order valence-electron chi connectivity index (χ2n) is 12.2. The van der Waals surface area contributed by atoms with Crippen LogP contribution in [0.1, 0.15) is 91.8 Å². The first kappa shape index (κ1) is 28.5. The number of benzene rings is 1. The molecule has 4 heterocycles. The van der Waals surface area contributed by atoms with Gasteiger partial charge in [-0.1, -0.05) is 39.3 Å². The summed E-state index contributed by atoms with van der Waals surface area (Å²) in [5, 5.41) is 12.3. The van der Waals surface area contributed by atoms with E-state index in [0.717, 1.165) is 80.2 Å². The molecule has 1 aromatic carbocycles. The second-order valence-corrected chi connectivity index (χ2v) is 15.6. The number of hydrogen-bond donors (Lipinski definition) is 1. The number of amides is 1. The number of carbonyl (C=O) groups is 1. The molecule has 1 saturated carbocycles. The van der Waals surface area contributed by atoms with E-state index in [0.29, 0.717) is 21.9 Å². The maximum absolute atomic E-state index is 13.1. The molecule has 1 fully saturated rings. The zero-order chi connectivity index (χ0) is 28.9. The lowest BCUT2D eigenvalue weighted by Gasteiger charge is -2.32. The molecule has 2 aliphatic heterocycles. The molecule has 3 aliphatic rings. The molecule has 0 bridgehead atoms. The van der Waals surface area contributed by atoms with Crippen LogP contribution in [-0.2, 0) is 40.6 Å². The summed E-state index contributed by atoms with van der Waals surface area (Å²) in [4.78, 5) is 22.2. The highest BCUT2D eigenvalue weighted by Crippen LogP contribution is 2.43. The Bertz CT molecular complexity index is 1560. The van der Waals surface area contributed by atoms with E-state index >= 15 is 0 Å². The molecule has 1 N–H and O–H groups in total. The Hall–Kier alpha value is -2.63. The van der Waals surface area contributed by atoms with Crippen molar-refractivity contribution in [3.63, 3.8) is 0 Å². The average molecular weight is 597 g/mol. The highest BCUT2D eigenvalue weighted by Gasteiger charge is 2.38. The van der Waals surface area contributed by atoms with Crippen LogP contribution in [0.4, 0.5) is 5.13 Å². The zero-order valence-electron chi connectivity index (χ0n) is 24.4. The van der Waals surface area contributed by atoms with Crippen LogP contribution >= 0.6 is 11.3 Å². The van der Waals surface area contributed by atoms with Crippen molar-refractivity contribution in [1.82, 2.24) is 24.6 Å². The molecule has 3 aromatic rings. The van der Waals surface area contributed by atoms with Crippen molar-refractivity contribution in [1.29, 1.82) is 0 Å². The quantitative estimate of drug-likeness (QED) is 0.368. The van der Waals surface area contributed by atoms with E-state index in [9.17, 15) is 13.2 Å². The van der Waals surface area contributed by atoms with Gasteiger partial charge in [0.15, 0.2) is 15.0 Å². The zero-order valence-corrected chi connectivity index (χ0v) is 26.0. The van der Waals surface area contributed by atoms with Crippen LogP contribution in [0, 0.1) is 18.8 Å². The number of aryl methyl sites for hydroxylation is 1. The molecule has 2 atom stereocenters. The number of anilines is 1. The first-order valence-corrected chi connectivity index (χ1v) is 17.4. The Morgan fingerprint density at radius 1 is 1.20 bits per heavy atom. The molecule has 1 aliphatic carbocycles. The van der Waals surface area contributed by atoms with Gasteiger partial charge >= 0.3 is 0 Å². The Morgan fingerprint density at radius 3 is 2.71 bits per heavy atom. The summed E-state index contributed by atoms with van der Waals surface area (Å²) < 4.78 is 27.6. The van der Waals surface area contributed by atoms with E-state index in [1.54, 1.807) is 30.4 Å². The molecule has 41 heavy (non-hydrogen) atoms. The van der Waals surface area contributed by atoms with Gasteiger partial charge in [0.2, 0.25) is 5.91 Å². The smallest absolute Gasteiger partial charge is 0.230 e. The fourth-order valence-electron chi connectivity index (χ4n) is 6.69. The third kappa shape index (κ3) is 5.60. The van der Waals surface area contributed by atoms with Crippen LogP contribution in [0.5, 0.6) is 0 Å². The first-order valence-electron chi connectivity index (χ1n) is 14.9. The average Bonchev–Trinajstić information content (AvgIpc) is 3.54. The molecular weight excluding hydrogens is 557 g/mol. The van der Waals surface area contributed by atoms with Gasteiger partial charge in [-0.2, -0.15) is 0 Å². The summed E-state index contributed by atoms with van der Waals surface area (Å²) in [5.41, 5.74) is 2.81. The van der Waals surface area contributed by atoms with Crippen molar-refractivity contribution in [2.75, 3.05) is 17.6 Å². The summed E-state index contributed by atoms with van der Waals surface area (Å²) in [6, 6.07) is 5.65. The van der Waals surface area contributed by atoms with Gasteiger partial charge in [0.25, 0.3) is 0 Å². The number of nitrogens with one attached hydrogen (secondary N) is 1. The molecule has 220 valence electrons. The van der Waals surface area contributed by atoms with Gasteiger partial charge < -0.3 is 9.88 Å². The highest BCUT2D eigenvalue weighted by molar-refractivity contribution is 7.91. The maximum atomic E-state index is 13.1. The predicted octanol–water partition coefficient (Wildman–Crippen LogP) is 5.06. The van der Waals surface area contributed by atoms with Crippen LogP contribution in [0.2, 0.25) is 0 Å². The molecule has 0 radical (unpaired) electrons. The van der Waals surface area contributed by atoms with Gasteiger partial charge in [-0.3, -0.25) is 9.69 Å². The van der Waals surface area contributed by atoms with Gasteiger partial charge in [0.1, 0.15) is 11.6 Å². The topological polar surface area (TPSA) is 110 Å². The van der Waals surface area contributed by atoms with Crippen LogP contribution in [0.15, 0.2) is 23.1 Å². The summed E-state index contributed by atoms with van der Waals surface area (Å²) in [7, 11) is -3.30. The third-order valence-corrected chi connectivity index (χ3v) is 11.8. The molecule has 0 saturated heterocycles. The Kier molecular flexibility index (Phi) is 7.80. The van der Waals surface area contributed by atoms with E-state index in [1.807, 2.05) is 13.0 Å². The van der Waals surface area contributed by atoms with Crippen LogP contribution in [-0.4, -0.2) is 51.3 Å². The summed E-state index contributed by atoms with van der Waals surface area (Å²) >= 11 is 1.58. The largest absolute Gasteiger partial charge is 0.315 e. The van der Waals surface area contributed by atoms with Crippen molar-refractivity contribution in [3.05, 3.63) is 51.5 Å². The lowest BCUT2D eigenvalue weighted by molar-refractivity contribution is -0.115. The number of carbonyl (C=O) groups excluding carboxylic acids is 1. The minimum atomic E-state index is -3.30. The van der Waals surface area contributed by atoms with Crippen molar-refractivity contribution in [2.24, 2.45) is 11.8 Å². The number of fused-ring (bicyclic) bond motifs is 2. The first-order chi connectivity index (χ1) is 19.6. The van der Waals surface area contributed by atoms with Crippen LogP contribution < -0.4 is 5.32 Å². The van der Waals surface area contributed by atoms with Crippen molar-refractivity contribution in [2.45, 2.75) is 96.2 Å². The molecule has 0 spiro atoms.